The van der Waals surface area contributed by atoms with Gasteiger partial charge in [-0.05, 0) is 31.0 Å². The third-order valence-corrected chi connectivity index (χ3v) is 4.38. The van der Waals surface area contributed by atoms with Crippen LogP contribution in [0.5, 0.6) is 0 Å². The van der Waals surface area contributed by atoms with Gasteiger partial charge in [-0.25, -0.2) is 0 Å². The first-order chi connectivity index (χ1) is 9.20. The molecule has 0 bridgehead atoms. The van der Waals surface area contributed by atoms with E-state index in [1.807, 2.05) is 6.07 Å². The molecule has 0 radical (unpaired) electrons. The number of nitrogens with zero attached hydrogens (tertiary/aromatic N) is 1. The van der Waals surface area contributed by atoms with Crippen molar-refractivity contribution in [2.75, 3.05) is 26.2 Å². The lowest BCUT2D eigenvalue weighted by atomic mass is 10.0. The fourth-order valence-corrected chi connectivity index (χ4v) is 3.01. The quantitative estimate of drug-likeness (QED) is 0.903. The van der Waals surface area contributed by atoms with Crippen LogP contribution in [0, 0.1) is 0 Å². The molecule has 1 aliphatic heterocycles. The van der Waals surface area contributed by atoms with Gasteiger partial charge < -0.3 is 10.5 Å². The van der Waals surface area contributed by atoms with Gasteiger partial charge >= 0.3 is 0 Å². The summed E-state index contributed by atoms with van der Waals surface area (Å²) in [6.07, 6.45) is 2.19. The number of halogens is 1. The van der Waals surface area contributed by atoms with Gasteiger partial charge in [-0.3, -0.25) is 4.90 Å². The Balaban J connectivity index is 1.92. The third kappa shape index (κ3) is 4.28. The zero-order valence-corrected chi connectivity index (χ0v) is 13.1. The van der Waals surface area contributed by atoms with E-state index in [0.717, 1.165) is 37.1 Å². The van der Waals surface area contributed by atoms with E-state index in [2.05, 4.69) is 46.0 Å². The second-order valence-corrected chi connectivity index (χ2v) is 6.02. The maximum atomic E-state index is 6.34. The van der Waals surface area contributed by atoms with E-state index in [0.29, 0.717) is 0 Å². The van der Waals surface area contributed by atoms with Gasteiger partial charge in [0.1, 0.15) is 0 Å². The van der Waals surface area contributed by atoms with E-state index in [1.165, 1.54) is 12.0 Å². The Bertz CT molecular complexity index is 397. The van der Waals surface area contributed by atoms with Gasteiger partial charge in [0.15, 0.2) is 0 Å². The Labute approximate surface area is 124 Å². The molecule has 0 saturated carbocycles. The van der Waals surface area contributed by atoms with E-state index in [4.69, 9.17) is 10.5 Å². The molecule has 1 heterocycles. The number of benzene rings is 1. The minimum atomic E-state index is 0.0540. The monoisotopic (exact) mass is 326 g/mol. The molecule has 2 rings (SSSR count). The van der Waals surface area contributed by atoms with Crippen LogP contribution >= 0.6 is 15.9 Å². The highest BCUT2D eigenvalue weighted by molar-refractivity contribution is 9.10. The summed E-state index contributed by atoms with van der Waals surface area (Å²) in [6.45, 7) is 6.15. The average molecular weight is 327 g/mol. The maximum absolute atomic E-state index is 6.34. The number of ether oxygens (including phenoxy) is 1. The molecule has 0 spiro atoms. The predicted molar refractivity (Wildman–Crippen MR) is 82.3 cm³/mol. The molecule has 1 aliphatic rings. The largest absolute Gasteiger partial charge is 0.374 e. The van der Waals surface area contributed by atoms with Crippen LogP contribution in [0.2, 0.25) is 0 Å². The van der Waals surface area contributed by atoms with Gasteiger partial charge in [0.05, 0.1) is 12.7 Å². The summed E-state index contributed by atoms with van der Waals surface area (Å²) in [5, 5.41) is 0. The number of rotatable bonds is 5. The highest BCUT2D eigenvalue weighted by Gasteiger charge is 2.25. The molecule has 4 heteroatoms. The van der Waals surface area contributed by atoms with Gasteiger partial charge in [-0.15, -0.1) is 0 Å². The van der Waals surface area contributed by atoms with Crippen molar-refractivity contribution in [1.29, 1.82) is 0 Å². The van der Waals surface area contributed by atoms with Crippen LogP contribution < -0.4 is 5.73 Å². The van der Waals surface area contributed by atoms with E-state index in [1.54, 1.807) is 0 Å². The fraction of sp³-hybridized carbons (Fsp3) is 0.600. The SMILES string of the molecule is CCCN1CCOC(C(N)Cc2ccccc2Br)C1. The van der Waals surface area contributed by atoms with Crippen LogP contribution in [0.25, 0.3) is 0 Å². The van der Waals surface area contributed by atoms with Gasteiger partial charge in [0, 0.05) is 23.6 Å². The molecule has 1 saturated heterocycles. The van der Waals surface area contributed by atoms with Crippen LogP contribution in [0.4, 0.5) is 0 Å². The molecule has 2 N–H and O–H groups in total. The lowest BCUT2D eigenvalue weighted by molar-refractivity contribution is -0.0400. The Morgan fingerprint density at radius 1 is 1.47 bits per heavy atom. The standard InChI is InChI=1S/C15H23BrN2O/c1-2-7-18-8-9-19-15(11-18)14(17)10-12-5-3-4-6-13(12)16/h3-6,14-15H,2,7-11,17H2,1H3. The number of hydrogen-bond acceptors (Lipinski definition) is 3. The van der Waals surface area contributed by atoms with Crippen LogP contribution in [-0.2, 0) is 11.2 Å². The second-order valence-electron chi connectivity index (χ2n) is 5.17. The summed E-state index contributed by atoms with van der Waals surface area (Å²) < 4.78 is 6.98. The smallest absolute Gasteiger partial charge is 0.0856 e. The van der Waals surface area contributed by atoms with Crippen LogP contribution in [0.15, 0.2) is 28.7 Å². The molecule has 1 fully saturated rings. The summed E-state index contributed by atoms with van der Waals surface area (Å²) >= 11 is 3.58. The number of nitrogens with two attached hydrogens (primary N) is 1. The Kier molecular flexibility index (Phi) is 5.82. The fourth-order valence-electron chi connectivity index (χ4n) is 2.56. The maximum Gasteiger partial charge on any atom is 0.0856 e. The summed E-state index contributed by atoms with van der Waals surface area (Å²) in [5.74, 6) is 0. The van der Waals surface area contributed by atoms with Crippen molar-refractivity contribution in [1.82, 2.24) is 4.90 Å². The van der Waals surface area contributed by atoms with E-state index in [9.17, 15) is 0 Å². The van der Waals surface area contributed by atoms with Crippen LogP contribution in [0.3, 0.4) is 0 Å². The van der Waals surface area contributed by atoms with Crippen molar-refractivity contribution in [3.63, 3.8) is 0 Å². The molecule has 0 aliphatic carbocycles. The molecule has 1 aromatic carbocycles. The van der Waals surface area contributed by atoms with Crippen molar-refractivity contribution >= 4 is 15.9 Å². The third-order valence-electron chi connectivity index (χ3n) is 3.61. The zero-order valence-electron chi connectivity index (χ0n) is 11.5. The molecule has 0 aromatic heterocycles. The summed E-state index contributed by atoms with van der Waals surface area (Å²) in [5.41, 5.74) is 7.59. The summed E-state index contributed by atoms with van der Waals surface area (Å²) in [7, 11) is 0. The number of hydrogen-bond donors (Lipinski definition) is 1. The van der Waals surface area contributed by atoms with Crippen molar-refractivity contribution in [2.45, 2.75) is 31.9 Å². The first-order valence-electron chi connectivity index (χ1n) is 7.03. The highest BCUT2D eigenvalue weighted by Crippen LogP contribution is 2.19. The van der Waals surface area contributed by atoms with Gasteiger partial charge in [-0.2, -0.15) is 0 Å². The summed E-state index contributed by atoms with van der Waals surface area (Å²) in [4.78, 5) is 2.45. The molecule has 2 atom stereocenters. The van der Waals surface area contributed by atoms with Crippen LogP contribution in [-0.4, -0.2) is 43.3 Å². The molecule has 19 heavy (non-hydrogen) atoms. The van der Waals surface area contributed by atoms with Crippen LogP contribution in [0.1, 0.15) is 18.9 Å². The molecule has 2 unspecified atom stereocenters. The lowest BCUT2D eigenvalue weighted by Crippen LogP contribution is -2.51. The Morgan fingerprint density at radius 3 is 3.00 bits per heavy atom. The minimum absolute atomic E-state index is 0.0540. The van der Waals surface area contributed by atoms with E-state index < -0.39 is 0 Å². The molecular formula is C15H23BrN2O. The van der Waals surface area contributed by atoms with E-state index in [-0.39, 0.29) is 12.1 Å². The zero-order chi connectivity index (χ0) is 13.7. The average Bonchev–Trinajstić information content (AvgIpc) is 2.42. The summed E-state index contributed by atoms with van der Waals surface area (Å²) in [6, 6.07) is 8.32. The van der Waals surface area contributed by atoms with Gasteiger partial charge in [0.25, 0.3) is 0 Å². The second kappa shape index (κ2) is 7.39. The molecule has 106 valence electrons. The van der Waals surface area contributed by atoms with Crippen molar-refractivity contribution in [3.8, 4) is 0 Å². The first kappa shape index (κ1) is 15.0. The Morgan fingerprint density at radius 2 is 2.26 bits per heavy atom. The Hall–Kier alpha value is -0.420. The van der Waals surface area contributed by atoms with Gasteiger partial charge in [0.2, 0.25) is 0 Å². The molecule has 0 amide bonds. The molecule has 1 aromatic rings. The highest BCUT2D eigenvalue weighted by atomic mass is 79.9. The van der Waals surface area contributed by atoms with Crippen molar-refractivity contribution in [2.24, 2.45) is 5.73 Å². The van der Waals surface area contributed by atoms with Crippen molar-refractivity contribution < 1.29 is 4.74 Å². The van der Waals surface area contributed by atoms with E-state index >= 15 is 0 Å². The first-order valence-corrected chi connectivity index (χ1v) is 7.83. The number of morpholine rings is 1. The molecule has 3 nitrogen and oxygen atoms in total. The normalized spacial score (nSPS) is 22.4. The lowest BCUT2D eigenvalue weighted by Gasteiger charge is -2.35. The minimum Gasteiger partial charge on any atom is -0.374 e. The topological polar surface area (TPSA) is 38.5 Å². The predicted octanol–water partition coefficient (Wildman–Crippen LogP) is 2.43. The van der Waals surface area contributed by atoms with Gasteiger partial charge in [-0.1, -0.05) is 41.1 Å². The molecular weight excluding hydrogens is 304 g/mol. The van der Waals surface area contributed by atoms with Crippen molar-refractivity contribution in [3.05, 3.63) is 34.3 Å².